The third-order valence-electron chi connectivity index (χ3n) is 3.04. The van der Waals surface area contributed by atoms with Crippen LogP contribution in [0.25, 0.3) is 16.7 Å². The third kappa shape index (κ3) is 2.24. The van der Waals surface area contributed by atoms with E-state index >= 15 is 0 Å². The molecule has 0 radical (unpaired) electrons. The molecule has 1 aromatic heterocycles. The van der Waals surface area contributed by atoms with Gasteiger partial charge in [-0.25, -0.2) is 9.37 Å². The average Bonchev–Trinajstić information content (AvgIpc) is 2.75. The van der Waals surface area contributed by atoms with Crippen molar-refractivity contribution in [2.24, 2.45) is 0 Å². The standard InChI is InChI=1S/C14H7BrClFN4/c15-8-4-13-11(5-10(8)17)20-14(19)21(13)12-3-7(6-18)1-2-9(12)16/h1-5H,(H2,19,20). The number of halogens is 3. The van der Waals surface area contributed by atoms with Crippen LogP contribution in [0.4, 0.5) is 10.3 Å². The summed E-state index contributed by atoms with van der Waals surface area (Å²) in [7, 11) is 0. The predicted octanol–water partition coefficient (Wildman–Crippen LogP) is 4.03. The van der Waals surface area contributed by atoms with Crippen molar-refractivity contribution in [3.63, 3.8) is 0 Å². The molecule has 0 bridgehead atoms. The summed E-state index contributed by atoms with van der Waals surface area (Å²) >= 11 is 9.33. The molecule has 0 aliphatic carbocycles. The molecule has 0 amide bonds. The van der Waals surface area contributed by atoms with Crippen molar-refractivity contribution in [2.75, 3.05) is 5.73 Å². The first-order valence-electron chi connectivity index (χ1n) is 5.84. The van der Waals surface area contributed by atoms with Crippen LogP contribution < -0.4 is 5.73 Å². The van der Waals surface area contributed by atoms with E-state index in [9.17, 15) is 4.39 Å². The van der Waals surface area contributed by atoms with Gasteiger partial charge in [0.1, 0.15) is 5.82 Å². The van der Waals surface area contributed by atoms with Gasteiger partial charge < -0.3 is 5.73 Å². The van der Waals surface area contributed by atoms with E-state index in [4.69, 9.17) is 22.6 Å². The van der Waals surface area contributed by atoms with Crippen LogP contribution in [-0.2, 0) is 0 Å². The summed E-state index contributed by atoms with van der Waals surface area (Å²) in [6, 6.07) is 9.73. The zero-order valence-electron chi connectivity index (χ0n) is 10.4. The number of hydrogen-bond acceptors (Lipinski definition) is 3. The molecule has 0 aliphatic rings. The average molecular weight is 366 g/mol. The van der Waals surface area contributed by atoms with Gasteiger partial charge in [0, 0.05) is 6.07 Å². The summed E-state index contributed by atoms with van der Waals surface area (Å²) in [5, 5.41) is 9.42. The molecule has 21 heavy (non-hydrogen) atoms. The lowest BCUT2D eigenvalue weighted by Gasteiger charge is -2.09. The van der Waals surface area contributed by atoms with Crippen LogP contribution in [0, 0.1) is 17.1 Å². The van der Waals surface area contributed by atoms with Gasteiger partial charge in [-0.15, -0.1) is 0 Å². The lowest BCUT2D eigenvalue weighted by molar-refractivity contribution is 0.623. The van der Waals surface area contributed by atoms with E-state index in [0.29, 0.717) is 31.8 Å². The Morgan fingerprint density at radius 2 is 2.10 bits per heavy atom. The lowest BCUT2D eigenvalue weighted by atomic mass is 10.2. The molecular weight excluding hydrogens is 359 g/mol. The highest BCUT2D eigenvalue weighted by Gasteiger charge is 2.15. The first kappa shape index (κ1) is 13.9. The number of rotatable bonds is 1. The fourth-order valence-electron chi connectivity index (χ4n) is 2.10. The van der Waals surface area contributed by atoms with Crippen LogP contribution in [0.2, 0.25) is 5.02 Å². The Morgan fingerprint density at radius 3 is 2.81 bits per heavy atom. The minimum atomic E-state index is -0.427. The maximum atomic E-state index is 13.6. The number of nitrogens with zero attached hydrogens (tertiary/aromatic N) is 3. The van der Waals surface area contributed by atoms with Gasteiger partial charge in [0.05, 0.1) is 37.8 Å². The number of hydrogen-bond donors (Lipinski definition) is 1. The molecule has 4 nitrogen and oxygen atoms in total. The van der Waals surface area contributed by atoms with Crippen LogP contribution in [0.15, 0.2) is 34.8 Å². The van der Waals surface area contributed by atoms with E-state index in [1.54, 1.807) is 28.8 Å². The van der Waals surface area contributed by atoms with Crippen molar-refractivity contribution in [3.05, 3.63) is 51.2 Å². The fraction of sp³-hybridized carbons (Fsp3) is 0. The summed E-state index contributed by atoms with van der Waals surface area (Å²) in [5.41, 5.74) is 7.89. The monoisotopic (exact) mass is 364 g/mol. The van der Waals surface area contributed by atoms with Gasteiger partial charge in [-0.1, -0.05) is 11.6 Å². The van der Waals surface area contributed by atoms with Gasteiger partial charge in [-0.3, -0.25) is 4.57 Å². The number of nitrogen functional groups attached to an aromatic ring is 1. The zero-order chi connectivity index (χ0) is 15.1. The van der Waals surface area contributed by atoms with E-state index in [-0.39, 0.29) is 5.95 Å². The second-order valence-electron chi connectivity index (χ2n) is 4.34. The van der Waals surface area contributed by atoms with E-state index in [2.05, 4.69) is 20.9 Å². The first-order chi connectivity index (χ1) is 10.0. The quantitative estimate of drug-likeness (QED) is 0.708. The zero-order valence-corrected chi connectivity index (χ0v) is 12.8. The molecule has 3 rings (SSSR count). The highest BCUT2D eigenvalue weighted by atomic mass is 79.9. The molecule has 2 N–H and O–H groups in total. The molecule has 2 aromatic carbocycles. The Kier molecular flexibility index (Phi) is 3.32. The number of anilines is 1. The molecule has 0 atom stereocenters. The van der Waals surface area contributed by atoms with Crippen LogP contribution in [0.1, 0.15) is 5.56 Å². The normalized spacial score (nSPS) is 10.8. The summed E-state index contributed by atoms with van der Waals surface area (Å²) < 4.78 is 15.5. The number of fused-ring (bicyclic) bond motifs is 1. The van der Waals surface area contributed by atoms with Crippen molar-refractivity contribution in [2.45, 2.75) is 0 Å². The van der Waals surface area contributed by atoms with Crippen molar-refractivity contribution < 1.29 is 4.39 Å². The van der Waals surface area contributed by atoms with E-state index in [1.165, 1.54) is 6.07 Å². The van der Waals surface area contributed by atoms with Gasteiger partial charge in [0.2, 0.25) is 5.95 Å². The number of nitriles is 1. The summed E-state index contributed by atoms with van der Waals surface area (Å²) in [6.45, 7) is 0. The van der Waals surface area contributed by atoms with Crippen LogP contribution in [0.5, 0.6) is 0 Å². The maximum Gasteiger partial charge on any atom is 0.205 e. The van der Waals surface area contributed by atoms with Crippen molar-refractivity contribution in [1.82, 2.24) is 9.55 Å². The van der Waals surface area contributed by atoms with E-state index < -0.39 is 5.82 Å². The fourth-order valence-corrected chi connectivity index (χ4v) is 2.63. The Bertz CT molecular complexity index is 913. The molecule has 0 saturated carbocycles. The second-order valence-corrected chi connectivity index (χ2v) is 5.60. The molecule has 1 heterocycles. The van der Waals surface area contributed by atoms with Crippen LogP contribution >= 0.6 is 27.5 Å². The summed E-state index contributed by atoms with van der Waals surface area (Å²) in [6.07, 6.45) is 0. The molecule has 3 aromatic rings. The SMILES string of the molecule is N#Cc1ccc(Cl)c(-n2c(N)nc3cc(F)c(Br)cc32)c1. The number of benzene rings is 2. The minimum absolute atomic E-state index is 0.166. The smallest absolute Gasteiger partial charge is 0.205 e. The van der Waals surface area contributed by atoms with Crippen molar-refractivity contribution in [3.8, 4) is 11.8 Å². The summed E-state index contributed by atoms with van der Waals surface area (Å²) in [4.78, 5) is 4.13. The minimum Gasteiger partial charge on any atom is -0.369 e. The van der Waals surface area contributed by atoms with Crippen LogP contribution in [0.3, 0.4) is 0 Å². The molecule has 0 unspecified atom stereocenters. The molecule has 104 valence electrons. The Balaban J connectivity index is 2.38. The van der Waals surface area contributed by atoms with Gasteiger partial charge in [-0.2, -0.15) is 5.26 Å². The van der Waals surface area contributed by atoms with Gasteiger partial charge in [-0.05, 0) is 40.2 Å². The van der Waals surface area contributed by atoms with Crippen molar-refractivity contribution >= 4 is 44.5 Å². The second kappa shape index (κ2) is 5.02. The van der Waals surface area contributed by atoms with E-state index in [1.807, 2.05) is 6.07 Å². The first-order valence-corrected chi connectivity index (χ1v) is 7.01. The summed E-state index contributed by atoms with van der Waals surface area (Å²) in [5.74, 6) is -0.261. The largest absolute Gasteiger partial charge is 0.369 e. The molecule has 0 aliphatic heterocycles. The maximum absolute atomic E-state index is 13.6. The van der Waals surface area contributed by atoms with Gasteiger partial charge in [0.25, 0.3) is 0 Å². The Morgan fingerprint density at radius 1 is 1.33 bits per heavy atom. The number of aromatic nitrogens is 2. The lowest BCUT2D eigenvalue weighted by Crippen LogP contribution is -2.01. The van der Waals surface area contributed by atoms with Gasteiger partial charge in [0.15, 0.2) is 0 Å². The topological polar surface area (TPSA) is 67.6 Å². The highest BCUT2D eigenvalue weighted by molar-refractivity contribution is 9.10. The van der Waals surface area contributed by atoms with Crippen molar-refractivity contribution in [1.29, 1.82) is 5.26 Å². The molecule has 0 spiro atoms. The Labute approximate surface area is 132 Å². The van der Waals surface area contributed by atoms with Crippen LogP contribution in [-0.4, -0.2) is 9.55 Å². The molecule has 0 fully saturated rings. The van der Waals surface area contributed by atoms with Gasteiger partial charge >= 0.3 is 0 Å². The number of imidazole rings is 1. The molecular formula is C14H7BrClFN4. The predicted molar refractivity (Wildman–Crippen MR) is 82.9 cm³/mol. The molecule has 7 heteroatoms. The number of nitrogens with two attached hydrogens (primary N) is 1. The third-order valence-corrected chi connectivity index (χ3v) is 3.97. The molecule has 0 saturated heterocycles. The Hall–Kier alpha value is -2.10. The van der Waals surface area contributed by atoms with E-state index in [0.717, 1.165) is 0 Å². The highest BCUT2D eigenvalue weighted by Crippen LogP contribution is 2.31.